The van der Waals surface area contributed by atoms with Crippen LogP contribution in [0.1, 0.15) is 30.8 Å². The van der Waals surface area contributed by atoms with Crippen LogP contribution in [0.4, 0.5) is 10.8 Å². The number of aromatic nitrogens is 2. The Bertz CT molecular complexity index is 1350. The summed E-state index contributed by atoms with van der Waals surface area (Å²) in [4.78, 5) is 31.7. The zero-order valence-electron chi connectivity index (χ0n) is 17.9. The lowest BCUT2D eigenvalue weighted by Gasteiger charge is -2.22. The standard InChI is InChI=1S/C22H22ClN4O4PS/c1-3-20(32(29,30)31-4-2)27-21(28)18-12-15(23)14-11-13(9-10-16(14)25-18)24-22-26-17-7-5-6-8-19(17)33-22/h5-12,20H,3-4H2,1-2H3,(H,24,26)(H,27,28)(H,29,30). The number of amides is 1. The zero-order valence-corrected chi connectivity index (χ0v) is 20.4. The summed E-state index contributed by atoms with van der Waals surface area (Å²) in [6.45, 7) is 3.36. The number of benzene rings is 2. The van der Waals surface area contributed by atoms with Crippen molar-refractivity contribution in [2.24, 2.45) is 0 Å². The number of pyridine rings is 1. The van der Waals surface area contributed by atoms with Crippen LogP contribution in [0.2, 0.25) is 5.02 Å². The number of hydrogen-bond acceptors (Lipinski definition) is 7. The third-order valence-corrected chi connectivity index (χ3v) is 8.10. The third kappa shape index (κ3) is 5.18. The van der Waals surface area contributed by atoms with Gasteiger partial charge in [0.05, 0.1) is 27.4 Å². The summed E-state index contributed by atoms with van der Waals surface area (Å²) in [5.41, 5.74) is 2.27. The van der Waals surface area contributed by atoms with Gasteiger partial charge in [0.15, 0.2) is 5.13 Å². The molecule has 0 aliphatic heterocycles. The molecule has 0 bridgehead atoms. The molecule has 2 aromatic carbocycles. The van der Waals surface area contributed by atoms with Crippen LogP contribution in [0.25, 0.3) is 21.1 Å². The van der Waals surface area contributed by atoms with Gasteiger partial charge in [0.2, 0.25) is 0 Å². The number of para-hydroxylation sites is 1. The van der Waals surface area contributed by atoms with Gasteiger partial charge in [-0.25, -0.2) is 9.97 Å². The average molecular weight is 505 g/mol. The van der Waals surface area contributed by atoms with Crippen LogP contribution < -0.4 is 10.6 Å². The molecular formula is C22H22ClN4O4PS. The average Bonchev–Trinajstić information content (AvgIpc) is 3.19. The van der Waals surface area contributed by atoms with Crippen molar-refractivity contribution in [2.45, 2.75) is 26.1 Å². The second-order valence-electron chi connectivity index (χ2n) is 7.21. The molecule has 172 valence electrons. The number of thiazole rings is 1. The monoisotopic (exact) mass is 504 g/mol. The van der Waals surface area contributed by atoms with E-state index < -0.39 is 19.3 Å². The highest BCUT2D eigenvalue weighted by molar-refractivity contribution is 7.53. The summed E-state index contributed by atoms with van der Waals surface area (Å²) in [6, 6.07) is 14.7. The van der Waals surface area contributed by atoms with Gasteiger partial charge >= 0.3 is 7.60 Å². The number of carbonyl (C=O) groups is 1. The van der Waals surface area contributed by atoms with Crippen molar-refractivity contribution in [1.29, 1.82) is 0 Å². The fourth-order valence-electron chi connectivity index (χ4n) is 3.34. The minimum Gasteiger partial charge on any atom is -0.337 e. The Morgan fingerprint density at radius 2 is 1.97 bits per heavy atom. The zero-order chi connectivity index (χ0) is 23.6. The second-order valence-corrected chi connectivity index (χ2v) is 10.7. The normalized spacial score (nSPS) is 14.2. The highest BCUT2D eigenvalue weighted by Crippen LogP contribution is 2.47. The van der Waals surface area contributed by atoms with E-state index in [0.29, 0.717) is 15.9 Å². The van der Waals surface area contributed by atoms with Crippen molar-refractivity contribution in [2.75, 3.05) is 11.9 Å². The molecule has 0 aliphatic carbocycles. The Labute approximate surface area is 199 Å². The molecule has 0 saturated heterocycles. The Hall–Kier alpha value is -2.55. The number of rotatable bonds is 8. The smallest absolute Gasteiger partial charge is 0.337 e. The molecule has 0 saturated carbocycles. The first-order valence-electron chi connectivity index (χ1n) is 10.3. The van der Waals surface area contributed by atoms with E-state index >= 15 is 0 Å². The van der Waals surface area contributed by atoms with Gasteiger partial charge < -0.3 is 20.1 Å². The van der Waals surface area contributed by atoms with Gasteiger partial charge in [-0.1, -0.05) is 42.0 Å². The maximum Gasteiger partial charge on any atom is 0.350 e. The van der Waals surface area contributed by atoms with Crippen molar-refractivity contribution in [3.8, 4) is 0 Å². The molecular weight excluding hydrogens is 483 g/mol. The van der Waals surface area contributed by atoms with Crippen LogP contribution in [0.5, 0.6) is 0 Å². The quantitative estimate of drug-likeness (QED) is 0.255. The Morgan fingerprint density at radius 1 is 1.18 bits per heavy atom. The predicted molar refractivity (Wildman–Crippen MR) is 133 cm³/mol. The number of nitrogens with zero attached hydrogens (tertiary/aromatic N) is 2. The van der Waals surface area contributed by atoms with E-state index in [9.17, 15) is 14.3 Å². The number of nitrogens with one attached hydrogen (secondary N) is 2. The van der Waals surface area contributed by atoms with Crippen LogP contribution in [0.3, 0.4) is 0 Å². The Morgan fingerprint density at radius 3 is 2.70 bits per heavy atom. The maximum atomic E-state index is 12.7. The van der Waals surface area contributed by atoms with Crippen molar-refractivity contribution >= 4 is 68.4 Å². The number of hydrogen-bond donors (Lipinski definition) is 3. The van der Waals surface area contributed by atoms with E-state index in [1.54, 1.807) is 31.3 Å². The summed E-state index contributed by atoms with van der Waals surface area (Å²) < 4.78 is 18.3. The van der Waals surface area contributed by atoms with E-state index in [1.807, 2.05) is 36.4 Å². The van der Waals surface area contributed by atoms with Crippen LogP contribution in [-0.2, 0) is 9.09 Å². The van der Waals surface area contributed by atoms with E-state index in [2.05, 4.69) is 20.6 Å². The first-order valence-corrected chi connectivity index (χ1v) is 13.2. The lowest BCUT2D eigenvalue weighted by molar-refractivity contribution is 0.0935. The molecule has 0 spiro atoms. The van der Waals surface area contributed by atoms with Gasteiger partial charge in [-0.3, -0.25) is 9.36 Å². The number of fused-ring (bicyclic) bond motifs is 2. The third-order valence-electron chi connectivity index (χ3n) is 4.93. The number of halogens is 1. The van der Waals surface area contributed by atoms with E-state index in [4.69, 9.17) is 16.1 Å². The fourth-order valence-corrected chi connectivity index (χ4v) is 5.77. The van der Waals surface area contributed by atoms with Gasteiger partial charge in [-0.15, -0.1) is 0 Å². The molecule has 4 aromatic rings. The molecule has 2 heterocycles. The topological polar surface area (TPSA) is 113 Å². The molecule has 8 nitrogen and oxygen atoms in total. The van der Waals surface area contributed by atoms with Gasteiger partial charge in [0, 0.05) is 11.1 Å². The van der Waals surface area contributed by atoms with Gasteiger partial charge in [-0.05, 0) is 49.7 Å². The highest BCUT2D eigenvalue weighted by Gasteiger charge is 2.32. The van der Waals surface area contributed by atoms with E-state index in [-0.39, 0.29) is 18.7 Å². The molecule has 0 aliphatic rings. The number of anilines is 2. The first-order chi connectivity index (χ1) is 15.8. The molecule has 2 unspecified atom stereocenters. The minimum atomic E-state index is -3.99. The van der Waals surface area contributed by atoms with Crippen LogP contribution in [0.15, 0.2) is 48.5 Å². The van der Waals surface area contributed by atoms with Gasteiger partial charge in [-0.2, -0.15) is 0 Å². The lowest BCUT2D eigenvalue weighted by Crippen LogP contribution is -2.35. The number of carbonyl (C=O) groups excluding carboxylic acids is 1. The molecule has 2 atom stereocenters. The summed E-state index contributed by atoms with van der Waals surface area (Å²) in [7, 11) is -3.99. The van der Waals surface area contributed by atoms with Crippen LogP contribution in [-0.4, -0.2) is 33.2 Å². The Balaban J connectivity index is 1.57. The van der Waals surface area contributed by atoms with E-state index in [0.717, 1.165) is 21.0 Å². The minimum absolute atomic E-state index is 0.0503. The summed E-state index contributed by atoms with van der Waals surface area (Å²) >= 11 is 8.01. The molecule has 4 rings (SSSR count). The lowest BCUT2D eigenvalue weighted by atomic mass is 10.1. The largest absolute Gasteiger partial charge is 0.350 e. The van der Waals surface area contributed by atoms with Crippen molar-refractivity contribution in [3.05, 3.63) is 59.2 Å². The van der Waals surface area contributed by atoms with Crippen molar-refractivity contribution in [1.82, 2.24) is 15.3 Å². The highest BCUT2D eigenvalue weighted by atomic mass is 35.5. The predicted octanol–water partition coefficient (Wildman–Crippen LogP) is 5.93. The molecule has 1 amide bonds. The van der Waals surface area contributed by atoms with Crippen molar-refractivity contribution in [3.63, 3.8) is 0 Å². The summed E-state index contributed by atoms with van der Waals surface area (Å²) in [5.74, 6) is -1.64. The van der Waals surface area contributed by atoms with Gasteiger partial charge in [0.25, 0.3) is 5.91 Å². The van der Waals surface area contributed by atoms with Gasteiger partial charge in [0.1, 0.15) is 11.5 Å². The summed E-state index contributed by atoms with van der Waals surface area (Å²) in [5, 5.41) is 7.57. The van der Waals surface area contributed by atoms with E-state index in [1.165, 1.54) is 6.07 Å². The SMILES string of the molecule is CCOP(=O)(O)C(CC)NC(=O)c1cc(Cl)c2cc(Nc3nc4ccccc4s3)ccc2n1. The van der Waals surface area contributed by atoms with Crippen molar-refractivity contribution < 1.29 is 18.8 Å². The fraction of sp³-hybridized carbons (Fsp3) is 0.227. The molecule has 3 N–H and O–H groups in total. The maximum absolute atomic E-state index is 12.7. The molecule has 2 aromatic heterocycles. The molecule has 0 radical (unpaired) electrons. The Kier molecular flexibility index (Phi) is 6.97. The molecule has 11 heteroatoms. The van der Waals surface area contributed by atoms with Crippen LogP contribution >= 0.6 is 30.5 Å². The first kappa shape index (κ1) is 23.6. The molecule has 0 fully saturated rings. The second kappa shape index (κ2) is 9.75. The molecule has 33 heavy (non-hydrogen) atoms. The summed E-state index contributed by atoms with van der Waals surface area (Å²) in [6.07, 6.45) is 0.224. The van der Waals surface area contributed by atoms with Crippen LogP contribution in [0, 0.1) is 0 Å².